The predicted molar refractivity (Wildman–Crippen MR) is 130 cm³/mol. The summed E-state index contributed by atoms with van der Waals surface area (Å²) < 4.78 is 31.0. The summed E-state index contributed by atoms with van der Waals surface area (Å²) in [6, 6.07) is 9.60. The molecule has 1 fully saturated rings. The molecule has 11 heteroatoms. The van der Waals surface area contributed by atoms with Gasteiger partial charge in [-0.1, -0.05) is 22.4 Å². The topological polar surface area (TPSA) is 104 Å². The van der Waals surface area contributed by atoms with Gasteiger partial charge in [0, 0.05) is 34.8 Å². The molecule has 4 rings (SSSR count). The zero-order valence-corrected chi connectivity index (χ0v) is 19.7. The lowest BCUT2D eigenvalue weighted by Crippen LogP contribution is -2.25. The summed E-state index contributed by atoms with van der Waals surface area (Å²) in [5.74, 6) is 0.0276. The number of anilines is 3. The molecule has 1 aromatic heterocycles. The van der Waals surface area contributed by atoms with E-state index in [9.17, 15) is 18.7 Å². The highest BCUT2D eigenvalue weighted by molar-refractivity contribution is 8.69. The van der Waals surface area contributed by atoms with Crippen LogP contribution in [0.15, 0.2) is 36.5 Å². The van der Waals surface area contributed by atoms with Gasteiger partial charge in [0.25, 0.3) is 0 Å². The van der Waals surface area contributed by atoms with E-state index in [0.29, 0.717) is 51.8 Å². The van der Waals surface area contributed by atoms with Crippen molar-refractivity contribution in [2.45, 2.75) is 6.92 Å². The molecule has 2 atom stereocenters. The number of carbonyl (C=O) groups is 1. The summed E-state index contributed by atoms with van der Waals surface area (Å²) in [6.45, 7) is 2.19. The Kier molecular flexibility index (Phi) is 7.02. The number of nitriles is 1. The molecular formula is C22H18ClFN4O3S2. The van der Waals surface area contributed by atoms with Crippen LogP contribution in [0.1, 0.15) is 12.5 Å². The van der Waals surface area contributed by atoms with Crippen LogP contribution in [0.3, 0.4) is 0 Å². The van der Waals surface area contributed by atoms with Gasteiger partial charge < -0.3 is 15.4 Å². The second kappa shape index (κ2) is 9.95. The minimum absolute atomic E-state index is 0.0599. The first-order valence-corrected chi connectivity index (χ1v) is 13.1. The zero-order chi connectivity index (χ0) is 23.5. The van der Waals surface area contributed by atoms with E-state index in [-0.39, 0.29) is 22.4 Å². The molecule has 0 aliphatic carbocycles. The zero-order valence-electron chi connectivity index (χ0n) is 17.4. The normalized spacial score (nSPS) is 17.5. The van der Waals surface area contributed by atoms with Crippen LogP contribution in [0.25, 0.3) is 10.9 Å². The number of carbonyl (C=O) groups excluding carboxylic acids is 1. The van der Waals surface area contributed by atoms with Gasteiger partial charge in [-0.25, -0.2) is 8.60 Å². The molecule has 2 N–H and O–H groups in total. The van der Waals surface area contributed by atoms with E-state index in [2.05, 4.69) is 21.7 Å². The van der Waals surface area contributed by atoms with Crippen LogP contribution in [0.2, 0.25) is 5.02 Å². The third-order valence-corrected chi connectivity index (χ3v) is 8.32. The molecule has 2 unspecified atom stereocenters. The van der Waals surface area contributed by atoms with Crippen LogP contribution in [0.4, 0.5) is 21.5 Å². The molecule has 2 heterocycles. The quantitative estimate of drug-likeness (QED) is 0.455. The Labute approximate surface area is 200 Å². The van der Waals surface area contributed by atoms with Crippen molar-refractivity contribution in [2.75, 3.05) is 28.7 Å². The van der Waals surface area contributed by atoms with Gasteiger partial charge in [0.2, 0.25) is 5.91 Å². The summed E-state index contributed by atoms with van der Waals surface area (Å²) in [7, 11) is 0.193. The van der Waals surface area contributed by atoms with Crippen LogP contribution in [-0.2, 0) is 14.6 Å². The first-order valence-electron chi connectivity index (χ1n) is 9.93. The van der Waals surface area contributed by atoms with Gasteiger partial charge >= 0.3 is 0 Å². The number of fused-ring (bicyclic) bond motifs is 1. The fraction of sp³-hybridized carbons (Fsp3) is 0.227. The highest BCUT2D eigenvalue weighted by atomic mass is 35.5. The van der Waals surface area contributed by atoms with E-state index in [1.165, 1.54) is 35.2 Å². The third-order valence-electron chi connectivity index (χ3n) is 4.95. The van der Waals surface area contributed by atoms with Crippen molar-refractivity contribution < 1.29 is 18.1 Å². The molecule has 1 amide bonds. The second-order valence-electron chi connectivity index (χ2n) is 7.15. The number of aromatic nitrogens is 1. The molecule has 3 aromatic rings. The first-order chi connectivity index (χ1) is 15.9. The van der Waals surface area contributed by atoms with Gasteiger partial charge in [-0.3, -0.25) is 9.78 Å². The van der Waals surface area contributed by atoms with E-state index in [4.69, 9.17) is 16.3 Å². The Bertz CT molecular complexity index is 1320. The maximum atomic E-state index is 13.6. The molecular weight excluding hydrogens is 487 g/mol. The largest absolute Gasteiger partial charge is 0.492 e. The average molecular weight is 505 g/mol. The molecule has 7 nitrogen and oxygen atoms in total. The molecule has 1 saturated heterocycles. The van der Waals surface area contributed by atoms with Gasteiger partial charge in [0.05, 0.1) is 49.8 Å². The molecule has 0 bridgehead atoms. The Hall–Kier alpha value is -2.87. The Balaban J connectivity index is 1.78. The Morgan fingerprint density at radius 3 is 2.91 bits per heavy atom. The van der Waals surface area contributed by atoms with Gasteiger partial charge in [0.15, 0.2) is 0 Å². The van der Waals surface area contributed by atoms with Crippen molar-refractivity contribution in [3.05, 3.63) is 52.9 Å². The number of pyridine rings is 1. The Morgan fingerprint density at radius 1 is 1.42 bits per heavy atom. The fourth-order valence-corrected chi connectivity index (χ4v) is 6.67. The van der Waals surface area contributed by atoms with E-state index in [0.717, 1.165) is 0 Å². The fourth-order valence-electron chi connectivity index (χ4n) is 3.33. The lowest BCUT2D eigenvalue weighted by Gasteiger charge is -2.17. The number of hydrogen-bond acceptors (Lipinski definition) is 7. The number of nitrogens with zero attached hydrogens (tertiary/aromatic N) is 2. The maximum absolute atomic E-state index is 13.6. The van der Waals surface area contributed by atoms with E-state index < -0.39 is 15.6 Å². The number of benzene rings is 2. The maximum Gasteiger partial charge on any atom is 0.229 e. The predicted octanol–water partition coefficient (Wildman–Crippen LogP) is 5.01. The van der Waals surface area contributed by atoms with Gasteiger partial charge in [-0.05, 0) is 31.2 Å². The molecule has 2 aromatic carbocycles. The van der Waals surface area contributed by atoms with Crippen LogP contribution < -0.4 is 15.4 Å². The minimum Gasteiger partial charge on any atom is -0.492 e. The van der Waals surface area contributed by atoms with Crippen molar-refractivity contribution in [1.82, 2.24) is 4.98 Å². The number of nitrogens with one attached hydrogen (secondary N) is 2. The van der Waals surface area contributed by atoms with Crippen LogP contribution in [0, 0.1) is 23.1 Å². The highest BCUT2D eigenvalue weighted by Gasteiger charge is 2.29. The molecule has 170 valence electrons. The summed E-state index contributed by atoms with van der Waals surface area (Å²) in [5, 5.41) is 16.1. The van der Waals surface area contributed by atoms with Crippen molar-refractivity contribution in [3.8, 4) is 11.8 Å². The van der Waals surface area contributed by atoms with Crippen LogP contribution in [-0.4, -0.2) is 33.2 Å². The summed E-state index contributed by atoms with van der Waals surface area (Å²) in [4.78, 5) is 17.1. The number of rotatable bonds is 6. The monoisotopic (exact) mass is 504 g/mol. The van der Waals surface area contributed by atoms with Crippen molar-refractivity contribution in [1.29, 1.82) is 5.26 Å². The van der Waals surface area contributed by atoms with Crippen molar-refractivity contribution in [3.63, 3.8) is 0 Å². The van der Waals surface area contributed by atoms with Crippen LogP contribution >= 0.6 is 22.4 Å². The third kappa shape index (κ3) is 5.05. The van der Waals surface area contributed by atoms with E-state index in [1.54, 1.807) is 12.1 Å². The number of halogens is 2. The van der Waals surface area contributed by atoms with E-state index in [1.807, 2.05) is 6.92 Å². The van der Waals surface area contributed by atoms with Gasteiger partial charge in [-0.15, -0.1) is 0 Å². The summed E-state index contributed by atoms with van der Waals surface area (Å²) in [6.07, 6.45) is 1.43. The first kappa shape index (κ1) is 23.3. The molecule has 33 heavy (non-hydrogen) atoms. The van der Waals surface area contributed by atoms with Crippen molar-refractivity contribution in [2.24, 2.45) is 5.92 Å². The van der Waals surface area contributed by atoms with Crippen LogP contribution in [0.5, 0.6) is 5.75 Å². The van der Waals surface area contributed by atoms with E-state index >= 15 is 0 Å². The molecule has 1 aliphatic rings. The number of ether oxygens (including phenoxy) is 1. The average Bonchev–Trinajstić information content (AvgIpc) is 3.24. The second-order valence-corrected chi connectivity index (χ2v) is 10.9. The summed E-state index contributed by atoms with van der Waals surface area (Å²) >= 11 is 5.90. The van der Waals surface area contributed by atoms with Gasteiger partial charge in [-0.2, -0.15) is 5.26 Å². The number of hydrogen-bond donors (Lipinski definition) is 2. The number of amides is 1. The highest BCUT2D eigenvalue weighted by Crippen LogP contribution is 2.37. The minimum atomic E-state index is -1.07. The lowest BCUT2D eigenvalue weighted by atomic mass is 10.1. The standard InChI is InChI=1S/C22H18ClFN4O3S2/c1-2-31-20-7-18-15(6-19(20)28-22(29)13-10-32-33(30)11-13)21(12(8-25)9-26-18)27-14-3-4-17(24)16(23)5-14/h3-7,9,13H,2,10-11H2,1H3,(H,26,27)(H,28,29). The van der Waals surface area contributed by atoms with Gasteiger partial charge in [0.1, 0.15) is 17.6 Å². The molecule has 1 aliphatic heterocycles. The Morgan fingerprint density at radius 2 is 2.24 bits per heavy atom. The molecule has 0 radical (unpaired) electrons. The molecule has 0 saturated carbocycles. The molecule has 0 spiro atoms. The smallest absolute Gasteiger partial charge is 0.229 e. The van der Waals surface area contributed by atoms with Crippen molar-refractivity contribution >= 4 is 66.1 Å². The summed E-state index contributed by atoms with van der Waals surface area (Å²) in [5.41, 5.74) is 2.11. The SMILES string of the molecule is CCOc1cc2ncc(C#N)c(Nc3ccc(F)c(Cl)c3)c2cc1NC(=O)C1CSS(=O)C1. The lowest BCUT2D eigenvalue weighted by molar-refractivity contribution is -0.118.